The molecule has 1 unspecified atom stereocenters. The van der Waals surface area contributed by atoms with Crippen LogP contribution in [0.5, 0.6) is 0 Å². The molecule has 1 aliphatic rings. The van der Waals surface area contributed by atoms with Crippen LogP contribution < -0.4 is 10.6 Å². The lowest BCUT2D eigenvalue weighted by atomic mass is 10.0. The quantitative estimate of drug-likeness (QED) is 0.836. The first-order chi connectivity index (χ1) is 8.20. The van der Waals surface area contributed by atoms with Gasteiger partial charge in [0.1, 0.15) is 6.04 Å². The van der Waals surface area contributed by atoms with E-state index < -0.39 is 12.0 Å². The van der Waals surface area contributed by atoms with Gasteiger partial charge in [0.05, 0.1) is 0 Å². The van der Waals surface area contributed by atoms with Crippen LogP contribution in [0.15, 0.2) is 24.3 Å². The van der Waals surface area contributed by atoms with Gasteiger partial charge in [-0.3, -0.25) is 4.79 Å². The largest absolute Gasteiger partial charge is 0.480 e. The van der Waals surface area contributed by atoms with E-state index >= 15 is 0 Å². The molecule has 1 saturated heterocycles. The van der Waals surface area contributed by atoms with E-state index in [0.717, 1.165) is 31.6 Å². The van der Waals surface area contributed by atoms with Crippen molar-refractivity contribution in [2.24, 2.45) is 5.73 Å². The molecule has 0 spiro atoms. The number of hydrogen-bond acceptors (Lipinski definition) is 3. The van der Waals surface area contributed by atoms with E-state index in [1.54, 1.807) is 0 Å². The van der Waals surface area contributed by atoms with Gasteiger partial charge in [0.25, 0.3) is 0 Å². The topological polar surface area (TPSA) is 66.6 Å². The number of hydrogen-bond donors (Lipinski definition) is 2. The van der Waals surface area contributed by atoms with Crippen molar-refractivity contribution in [3.63, 3.8) is 0 Å². The summed E-state index contributed by atoms with van der Waals surface area (Å²) in [6.45, 7) is 1.98. The molecule has 0 amide bonds. The Bertz CT molecular complexity index is 400. The average Bonchev–Trinajstić information content (AvgIpc) is 2.39. The molecule has 1 heterocycles. The molecule has 3 N–H and O–H groups in total. The Hall–Kier alpha value is -1.55. The Kier molecular flexibility index (Phi) is 3.64. The fraction of sp³-hybridized carbons (Fsp3) is 0.462. The van der Waals surface area contributed by atoms with Gasteiger partial charge in [-0.2, -0.15) is 0 Å². The van der Waals surface area contributed by atoms with Crippen molar-refractivity contribution < 1.29 is 9.90 Å². The molecule has 1 atom stereocenters. The molecule has 2 rings (SSSR count). The second-order valence-electron chi connectivity index (χ2n) is 4.42. The van der Waals surface area contributed by atoms with Crippen LogP contribution in [0.25, 0.3) is 0 Å². The molecular formula is C13H18N2O2. The predicted molar refractivity (Wildman–Crippen MR) is 67.1 cm³/mol. The summed E-state index contributed by atoms with van der Waals surface area (Å²) in [5.41, 5.74) is 7.40. The van der Waals surface area contributed by atoms with Crippen molar-refractivity contribution in [3.8, 4) is 0 Å². The van der Waals surface area contributed by atoms with Gasteiger partial charge in [-0.1, -0.05) is 18.2 Å². The van der Waals surface area contributed by atoms with Crippen molar-refractivity contribution in [1.29, 1.82) is 0 Å². The lowest BCUT2D eigenvalue weighted by Gasteiger charge is -2.31. The standard InChI is InChI=1S/C13H18N2O2/c14-12(13(16)17)10-6-2-3-7-11(10)15-8-4-1-5-9-15/h2-3,6-7,12H,1,4-5,8-9,14H2,(H,16,17). The Labute approximate surface area is 101 Å². The molecule has 0 saturated carbocycles. The van der Waals surface area contributed by atoms with Crippen molar-refractivity contribution in [2.45, 2.75) is 25.3 Å². The number of rotatable bonds is 3. The molecule has 1 aliphatic heterocycles. The minimum atomic E-state index is -0.977. The maximum Gasteiger partial charge on any atom is 0.325 e. The summed E-state index contributed by atoms with van der Waals surface area (Å²) in [5.74, 6) is -0.977. The minimum Gasteiger partial charge on any atom is -0.480 e. The molecule has 1 aromatic rings. The van der Waals surface area contributed by atoms with E-state index in [2.05, 4.69) is 4.90 Å². The Morgan fingerprint density at radius 2 is 1.88 bits per heavy atom. The second-order valence-corrected chi connectivity index (χ2v) is 4.42. The smallest absolute Gasteiger partial charge is 0.325 e. The number of carbonyl (C=O) groups is 1. The van der Waals surface area contributed by atoms with E-state index in [1.807, 2.05) is 24.3 Å². The van der Waals surface area contributed by atoms with Gasteiger partial charge in [-0.25, -0.2) is 0 Å². The van der Waals surface area contributed by atoms with E-state index in [-0.39, 0.29) is 0 Å². The van der Waals surface area contributed by atoms with Crippen LogP contribution in [-0.2, 0) is 4.79 Å². The minimum absolute atomic E-state index is 0.710. The molecule has 0 aliphatic carbocycles. The second kappa shape index (κ2) is 5.19. The first-order valence-electron chi connectivity index (χ1n) is 6.02. The molecule has 0 radical (unpaired) electrons. The average molecular weight is 234 g/mol. The summed E-state index contributed by atoms with van der Waals surface area (Å²) in [5, 5.41) is 9.01. The van der Waals surface area contributed by atoms with Crippen molar-refractivity contribution >= 4 is 11.7 Å². The van der Waals surface area contributed by atoms with Gasteiger partial charge in [-0.15, -0.1) is 0 Å². The maximum atomic E-state index is 11.0. The SMILES string of the molecule is NC(C(=O)O)c1ccccc1N1CCCCC1. The number of anilines is 1. The van der Waals surface area contributed by atoms with E-state index in [0.29, 0.717) is 5.56 Å². The zero-order chi connectivity index (χ0) is 12.3. The number of carboxylic acid groups (broad SMARTS) is 1. The predicted octanol–water partition coefficient (Wildman–Crippen LogP) is 1.76. The molecule has 1 aromatic carbocycles. The summed E-state index contributed by atoms with van der Waals surface area (Å²) in [7, 11) is 0. The van der Waals surface area contributed by atoms with Crippen LogP contribution in [0.3, 0.4) is 0 Å². The Morgan fingerprint density at radius 3 is 2.53 bits per heavy atom. The van der Waals surface area contributed by atoms with Crippen LogP contribution in [0.1, 0.15) is 30.9 Å². The fourth-order valence-electron chi connectivity index (χ4n) is 2.31. The first-order valence-corrected chi connectivity index (χ1v) is 6.02. The third kappa shape index (κ3) is 2.58. The Balaban J connectivity index is 2.29. The third-order valence-corrected chi connectivity index (χ3v) is 3.23. The summed E-state index contributed by atoms with van der Waals surface area (Å²) in [4.78, 5) is 13.2. The number of para-hydroxylation sites is 1. The van der Waals surface area contributed by atoms with Gasteiger partial charge in [0.15, 0.2) is 0 Å². The van der Waals surface area contributed by atoms with E-state index in [9.17, 15) is 4.79 Å². The number of nitrogens with zero attached hydrogens (tertiary/aromatic N) is 1. The summed E-state index contributed by atoms with van der Waals surface area (Å²) < 4.78 is 0. The molecule has 4 heteroatoms. The van der Waals surface area contributed by atoms with Crippen LogP contribution in [-0.4, -0.2) is 24.2 Å². The van der Waals surface area contributed by atoms with E-state index in [4.69, 9.17) is 10.8 Å². The molecular weight excluding hydrogens is 216 g/mol. The highest BCUT2D eigenvalue weighted by Gasteiger charge is 2.21. The lowest BCUT2D eigenvalue weighted by Crippen LogP contribution is -2.32. The van der Waals surface area contributed by atoms with Crippen LogP contribution in [0.4, 0.5) is 5.69 Å². The first kappa shape index (κ1) is 11.9. The normalized spacial score (nSPS) is 17.8. The monoisotopic (exact) mass is 234 g/mol. The van der Waals surface area contributed by atoms with Crippen molar-refractivity contribution in [2.75, 3.05) is 18.0 Å². The fourth-order valence-corrected chi connectivity index (χ4v) is 2.31. The van der Waals surface area contributed by atoms with E-state index in [1.165, 1.54) is 6.42 Å². The van der Waals surface area contributed by atoms with Gasteiger partial charge >= 0.3 is 5.97 Å². The lowest BCUT2D eigenvalue weighted by molar-refractivity contribution is -0.138. The van der Waals surface area contributed by atoms with Crippen LogP contribution in [0.2, 0.25) is 0 Å². The van der Waals surface area contributed by atoms with Crippen LogP contribution in [0, 0.1) is 0 Å². The van der Waals surface area contributed by atoms with Crippen molar-refractivity contribution in [3.05, 3.63) is 29.8 Å². The van der Waals surface area contributed by atoms with Gasteiger partial charge in [0, 0.05) is 24.3 Å². The number of piperidine rings is 1. The third-order valence-electron chi connectivity index (χ3n) is 3.23. The highest BCUT2D eigenvalue weighted by molar-refractivity contribution is 5.78. The number of aliphatic carboxylic acids is 1. The number of nitrogens with two attached hydrogens (primary N) is 1. The molecule has 0 aromatic heterocycles. The van der Waals surface area contributed by atoms with Gasteiger partial charge in [0.2, 0.25) is 0 Å². The summed E-state index contributed by atoms with van der Waals surface area (Å²) in [6.07, 6.45) is 3.58. The maximum absolute atomic E-state index is 11.0. The summed E-state index contributed by atoms with van der Waals surface area (Å²) in [6, 6.07) is 6.60. The zero-order valence-corrected chi connectivity index (χ0v) is 9.80. The highest BCUT2D eigenvalue weighted by atomic mass is 16.4. The Morgan fingerprint density at radius 1 is 1.24 bits per heavy atom. The zero-order valence-electron chi connectivity index (χ0n) is 9.80. The van der Waals surface area contributed by atoms with Gasteiger partial charge < -0.3 is 15.7 Å². The van der Waals surface area contributed by atoms with Crippen LogP contribution >= 0.6 is 0 Å². The molecule has 4 nitrogen and oxygen atoms in total. The van der Waals surface area contributed by atoms with Crippen molar-refractivity contribution in [1.82, 2.24) is 0 Å². The molecule has 0 bridgehead atoms. The van der Waals surface area contributed by atoms with Gasteiger partial charge in [-0.05, 0) is 25.3 Å². The molecule has 17 heavy (non-hydrogen) atoms. The highest BCUT2D eigenvalue weighted by Crippen LogP contribution is 2.27. The molecule has 92 valence electrons. The number of carboxylic acids is 1. The molecule has 1 fully saturated rings. The summed E-state index contributed by atoms with van der Waals surface area (Å²) >= 11 is 0. The number of benzene rings is 1.